The van der Waals surface area contributed by atoms with E-state index in [0.717, 1.165) is 42.5 Å². The van der Waals surface area contributed by atoms with E-state index in [2.05, 4.69) is 30.4 Å². The standard InChI is InChI=1S/C17H20N8/c1-23(2)17-14-10-24(9-8-15(14)18-12-19-17)11-16-20-21-22-25(16)13-6-4-3-5-7-13/h3-7,12H,8-11H2,1-2H3. The van der Waals surface area contributed by atoms with Gasteiger partial charge in [0.05, 0.1) is 17.9 Å². The van der Waals surface area contributed by atoms with Crippen molar-refractivity contribution in [1.82, 2.24) is 35.1 Å². The predicted molar refractivity (Wildman–Crippen MR) is 93.3 cm³/mol. The van der Waals surface area contributed by atoms with Gasteiger partial charge in [-0.1, -0.05) is 18.2 Å². The molecule has 0 amide bonds. The van der Waals surface area contributed by atoms with Crippen molar-refractivity contribution in [2.24, 2.45) is 0 Å². The quantitative estimate of drug-likeness (QED) is 0.705. The summed E-state index contributed by atoms with van der Waals surface area (Å²) in [6.45, 7) is 2.41. The Hall–Kier alpha value is -2.87. The molecule has 1 aliphatic rings. The van der Waals surface area contributed by atoms with Crippen LogP contribution in [0, 0.1) is 0 Å². The summed E-state index contributed by atoms with van der Waals surface area (Å²) in [5, 5.41) is 12.2. The molecule has 0 fully saturated rings. The minimum atomic E-state index is 0.684. The topological polar surface area (TPSA) is 75.9 Å². The number of para-hydroxylation sites is 1. The summed E-state index contributed by atoms with van der Waals surface area (Å²) in [6.07, 6.45) is 2.56. The molecule has 0 N–H and O–H groups in total. The van der Waals surface area contributed by atoms with Crippen LogP contribution in [0.15, 0.2) is 36.7 Å². The second-order valence-corrected chi connectivity index (χ2v) is 6.32. The lowest BCUT2D eigenvalue weighted by molar-refractivity contribution is 0.235. The zero-order valence-corrected chi connectivity index (χ0v) is 14.4. The Labute approximate surface area is 146 Å². The van der Waals surface area contributed by atoms with E-state index in [-0.39, 0.29) is 0 Å². The van der Waals surface area contributed by atoms with Crippen molar-refractivity contribution in [2.75, 3.05) is 25.5 Å². The maximum absolute atomic E-state index is 4.45. The molecule has 0 bridgehead atoms. The van der Waals surface area contributed by atoms with Gasteiger partial charge in [0.2, 0.25) is 0 Å². The molecule has 0 radical (unpaired) electrons. The van der Waals surface area contributed by atoms with Gasteiger partial charge in [0.1, 0.15) is 12.1 Å². The van der Waals surface area contributed by atoms with E-state index >= 15 is 0 Å². The number of tetrazole rings is 1. The van der Waals surface area contributed by atoms with Crippen molar-refractivity contribution < 1.29 is 0 Å². The average molecular weight is 336 g/mol. The van der Waals surface area contributed by atoms with Crippen LogP contribution in [0.5, 0.6) is 0 Å². The van der Waals surface area contributed by atoms with Crippen LogP contribution in [0.2, 0.25) is 0 Å². The third kappa shape index (κ3) is 3.08. The van der Waals surface area contributed by atoms with Gasteiger partial charge in [0.25, 0.3) is 0 Å². The number of fused-ring (bicyclic) bond motifs is 1. The van der Waals surface area contributed by atoms with Crippen molar-refractivity contribution in [3.05, 3.63) is 53.7 Å². The first-order valence-electron chi connectivity index (χ1n) is 8.27. The summed E-state index contributed by atoms with van der Waals surface area (Å²) in [5.41, 5.74) is 3.30. The Morgan fingerprint density at radius 2 is 1.96 bits per heavy atom. The highest BCUT2D eigenvalue weighted by molar-refractivity contribution is 5.48. The van der Waals surface area contributed by atoms with E-state index in [1.165, 1.54) is 5.56 Å². The molecule has 0 unspecified atom stereocenters. The van der Waals surface area contributed by atoms with E-state index < -0.39 is 0 Å². The van der Waals surface area contributed by atoms with Crippen LogP contribution >= 0.6 is 0 Å². The Morgan fingerprint density at radius 3 is 2.76 bits per heavy atom. The number of nitrogens with zero attached hydrogens (tertiary/aromatic N) is 8. The van der Waals surface area contributed by atoms with Gasteiger partial charge in [-0.2, -0.15) is 4.68 Å². The summed E-state index contributed by atoms with van der Waals surface area (Å²) >= 11 is 0. The molecule has 8 heteroatoms. The Morgan fingerprint density at radius 1 is 1.12 bits per heavy atom. The Bertz CT molecular complexity index is 858. The molecule has 0 spiro atoms. The van der Waals surface area contributed by atoms with Gasteiger partial charge in [-0.3, -0.25) is 4.90 Å². The SMILES string of the molecule is CN(C)c1ncnc2c1CN(Cc1nnnn1-c1ccccc1)CC2. The second kappa shape index (κ2) is 6.56. The number of hydrogen-bond acceptors (Lipinski definition) is 7. The van der Waals surface area contributed by atoms with E-state index in [1.807, 2.05) is 49.3 Å². The summed E-state index contributed by atoms with van der Waals surface area (Å²) in [6, 6.07) is 9.96. The smallest absolute Gasteiger partial charge is 0.170 e. The third-order valence-electron chi connectivity index (χ3n) is 4.38. The van der Waals surface area contributed by atoms with Crippen molar-refractivity contribution in [3.63, 3.8) is 0 Å². The number of hydrogen-bond donors (Lipinski definition) is 0. The molecule has 128 valence electrons. The highest BCUT2D eigenvalue weighted by atomic mass is 15.5. The summed E-state index contributed by atoms with van der Waals surface area (Å²) < 4.78 is 1.80. The summed E-state index contributed by atoms with van der Waals surface area (Å²) in [7, 11) is 4.02. The van der Waals surface area contributed by atoms with Gasteiger partial charge in [0.15, 0.2) is 5.82 Å². The Balaban J connectivity index is 1.57. The van der Waals surface area contributed by atoms with Crippen molar-refractivity contribution in [3.8, 4) is 5.69 Å². The largest absolute Gasteiger partial charge is 0.362 e. The first kappa shape index (κ1) is 15.6. The van der Waals surface area contributed by atoms with Gasteiger partial charge in [-0.25, -0.2) is 9.97 Å². The lowest BCUT2D eigenvalue weighted by atomic mass is 10.1. The minimum absolute atomic E-state index is 0.684. The average Bonchev–Trinajstić information content (AvgIpc) is 3.10. The van der Waals surface area contributed by atoms with E-state index in [1.54, 1.807) is 11.0 Å². The zero-order chi connectivity index (χ0) is 17.2. The Kier molecular flexibility index (Phi) is 4.10. The van der Waals surface area contributed by atoms with Crippen LogP contribution in [0.3, 0.4) is 0 Å². The van der Waals surface area contributed by atoms with Crippen LogP contribution in [-0.4, -0.2) is 55.7 Å². The van der Waals surface area contributed by atoms with Gasteiger partial charge < -0.3 is 4.90 Å². The minimum Gasteiger partial charge on any atom is -0.362 e. The maximum atomic E-state index is 4.45. The number of rotatable bonds is 4. The fourth-order valence-electron chi connectivity index (χ4n) is 3.18. The fraction of sp³-hybridized carbons (Fsp3) is 0.353. The third-order valence-corrected chi connectivity index (χ3v) is 4.38. The number of anilines is 1. The molecule has 0 aliphatic carbocycles. The van der Waals surface area contributed by atoms with Crippen LogP contribution in [-0.2, 0) is 19.5 Å². The molecule has 25 heavy (non-hydrogen) atoms. The first-order chi connectivity index (χ1) is 12.2. The zero-order valence-electron chi connectivity index (χ0n) is 14.4. The molecule has 1 aromatic carbocycles. The van der Waals surface area contributed by atoms with Crippen molar-refractivity contribution in [1.29, 1.82) is 0 Å². The summed E-state index contributed by atoms with van der Waals surface area (Å²) in [4.78, 5) is 13.3. The summed E-state index contributed by atoms with van der Waals surface area (Å²) in [5.74, 6) is 1.82. The van der Waals surface area contributed by atoms with Crippen LogP contribution in [0.1, 0.15) is 17.1 Å². The predicted octanol–water partition coefficient (Wildman–Crippen LogP) is 1.08. The molecule has 2 aromatic heterocycles. The first-order valence-corrected chi connectivity index (χ1v) is 8.27. The van der Waals surface area contributed by atoms with E-state index in [0.29, 0.717) is 6.54 Å². The van der Waals surface area contributed by atoms with E-state index in [9.17, 15) is 0 Å². The van der Waals surface area contributed by atoms with Crippen LogP contribution < -0.4 is 4.90 Å². The van der Waals surface area contributed by atoms with Crippen LogP contribution in [0.4, 0.5) is 5.82 Å². The molecule has 0 saturated heterocycles. The molecule has 0 saturated carbocycles. The number of aromatic nitrogens is 6. The van der Waals surface area contributed by atoms with Crippen LogP contribution in [0.25, 0.3) is 5.69 Å². The molecule has 8 nitrogen and oxygen atoms in total. The van der Waals surface area contributed by atoms with Gasteiger partial charge in [-0.05, 0) is 22.6 Å². The molecule has 4 rings (SSSR count). The lowest BCUT2D eigenvalue weighted by Crippen LogP contribution is -2.33. The molecule has 3 heterocycles. The number of benzene rings is 1. The van der Waals surface area contributed by atoms with Gasteiger partial charge in [0, 0.05) is 39.2 Å². The van der Waals surface area contributed by atoms with Gasteiger partial charge in [-0.15, -0.1) is 5.10 Å². The lowest BCUT2D eigenvalue weighted by Gasteiger charge is -2.29. The van der Waals surface area contributed by atoms with Crippen molar-refractivity contribution >= 4 is 5.82 Å². The molecule has 0 atom stereocenters. The molecule has 3 aromatic rings. The highest BCUT2D eigenvalue weighted by Gasteiger charge is 2.23. The highest BCUT2D eigenvalue weighted by Crippen LogP contribution is 2.25. The van der Waals surface area contributed by atoms with Gasteiger partial charge >= 0.3 is 0 Å². The monoisotopic (exact) mass is 336 g/mol. The van der Waals surface area contributed by atoms with Crippen molar-refractivity contribution in [2.45, 2.75) is 19.5 Å². The molecule has 1 aliphatic heterocycles. The second-order valence-electron chi connectivity index (χ2n) is 6.32. The maximum Gasteiger partial charge on any atom is 0.170 e. The normalized spacial score (nSPS) is 14.3. The molecular weight excluding hydrogens is 316 g/mol. The molecular formula is C17H20N8. The van der Waals surface area contributed by atoms with E-state index in [4.69, 9.17) is 0 Å². The fourth-order valence-corrected chi connectivity index (χ4v) is 3.18.